The van der Waals surface area contributed by atoms with E-state index in [4.69, 9.17) is 4.74 Å². The topological polar surface area (TPSA) is 91.4 Å². The number of nitrogens with one attached hydrogen (secondary N) is 2. The van der Waals surface area contributed by atoms with Crippen molar-refractivity contribution < 1.29 is 19.4 Å². The second-order valence-electron chi connectivity index (χ2n) is 5.78. The molecule has 0 fully saturated rings. The van der Waals surface area contributed by atoms with Gasteiger partial charge in [0.2, 0.25) is 0 Å². The molecule has 0 spiro atoms. The fraction of sp³-hybridized carbons (Fsp3) is 0.158. The zero-order chi connectivity index (χ0) is 18.5. The van der Waals surface area contributed by atoms with E-state index in [1.165, 1.54) is 0 Å². The van der Waals surface area contributed by atoms with Crippen LogP contribution in [0.25, 0.3) is 10.9 Å². The second-order valence-corrected chi connectivity index (χ2v) is 6.63. The number of halogens is 1. The number of aromatic amines is 1. The molecule has 6 nitrogen and oxygen atoms in total. The van der Waals surface area contributed by atoms with Crippen molar-refractivity contribution >= 4 is 38.9 Å². The van der Waals surface area contributed by atoms with Crippen LogP contribution in [0.1, 0.15) is 11.1 Å². The normalized spacial score (nSPS) is 11.9. The number of para-hydroxylation sites is 1. The predicted octanol–water partition coefficient (Wildman–Crippen LogP) is 3.85. The number of benzene rings is 2. The van der Waals surface area contributed by atoms with Crippen LogP contribution in [0.5, 0.6) is 0 Å². The number of carbonyl (C=O) groups excluding carboxylic acids is 1. The number of carboxylic acid groups (broad SMARTS) is 1. The molecule has 0 radical (unpaired) electrons. The number of carboxylic acids is 1. The summed E-state index contributed by atoms with van der Waals surface area (Å²) in [5, 5.41) is 12.8. The summed E-state index contributed by atoms with van der Waals surface area (Å²) in [5.74, 6) is -1.12. The Morgan fingerprint density at radius 1 is 1.15 bits per heavy atom. The molecule has 0 saturated carbocycles. The first-order chi connectivity index (χ1) is 12.5. The van der Waals surface area contributed by atoms with Crippen LogP contribution in [-0.4, -0.2) is 28.2 Å². The van der Waals surface area contributed by atoms with Crippen molar-refractivity contribution in [1.29, 1.82) is 0 Å². The molecule has 0 bridgehead atoms. The van der Waals surface area contributed by atoms with E-state index in [2.05, 4.69) is 26.2 Å². The van der Waals surface area contributed by atoms with E-state index < -0.39 is 18.1 Å². The molecule has 1 amide bonds. The Morgan fingerprint density at radius 2 is 1.92 bits per heavy atom. The average Bonchev–Trinajstić information content (AvgIpc) is 3.04. The van der Waals surface area contributed by atoms with Crippen LogP contribution in [0.2, 0.25) is 0 Å². The van der Waals surface area contributed by atoms with E-state index >= 15 is 0 Å². The Morgan fingerprint density at radius 3 is 2.65 bits per heavy atom. The van der Waals surface area contributed by atoms with Crippen LogP contribution < -0.4 is 5.32 Å². The summed E-state index contributed by atoms with van der Waals surface area (Å²) >= 11 is 3.45. The highest BCUT2D eigenvalue weighted by molar-refractivity contribution is 9.10. The maximum atomic E-state index is 12.0. The number of aromatic nitrogens is 1. The SMILES string of the molecule is O=C(N[C@H](Cc1c[nH]c2c(Br)cccc12)C(=O)O)OCc1ccccc1. The Hall–Kier alpha value is -2.80. The molecule has 0 saturated heterocycles. The highest BCUT2D eigenvalue weighted by atomic mass is 79.9. The van der Waals surface area contributed by atoms with Gasteiger partial charge in [-0.2, -0.15) is 0 Å². The molecule has 1 heterocycles. The zero-order valence-corrected chi connectivity index (χ0v) is 15.3. The van der Waals surface area contributed by atoms with Crippen molar-refractivity contribution in [3.8, 4) is 0 Å². The minimum Gasteiger partial charge on any atom is -0.480 e. The number of ether oxygens (including phenoxy) is 1. The van der Waals surface area contributed by atoms with Crippen molar-refractivity contribution in [2.75, 3.05) is 0 Å². The molecule has 1 atom stereocenters. The Balaban J connectivity index is 1.66. The molecule has 134 valence electrons. The van der Waals surface area contributed by atoms with E-state index in [-0.39, 0.29) is 13.0 Å². The number of rotatable bonds is 6. The predicted molar refractivity (Wildman–Crippen MR) is 101 cm³/mol. The van der Waals surface area contributed by atoms with Gasteiger partial charge < -0.3 is 20.1 Å². The number of fused-ring (bicyclic) bond motifs is 1. The van der Waals surface area contributed by atoms with Crippen molar-refractivity contribution in [3.05, 3.63) is 70.3 Å². The standard InChI is InChI=1S/C19H17BrN2O4/c20-15-8-4-7-14-13(10-21-17(14)15)9-16(18(23)24)22-19(25)26-11-12-5-2-1-3-6-12/h1-8,10,16,21H,9,11H2,(H,22,25)(H,23,24)/t16-/m1/s1. The van der Waals surface area contributed by atoms with Crippen LogP contribution in [0, 0.1) is 0 Å². The fourth-order valence-corrected chi connectivity index (χ4v) is 3.15. The van der Waals surface area contributed by atoms with Crippen molar-refractivity contribution in [1.82, 2.24) is 10.3 Å². The summed E-state index contributed by atoms with van der Waals surface area (Å²) in [6, 6.07) is 13.8. The molecule has 3 rings (SSSR count). The van der Waals surface area contributed by atoms with Gasteiger partial charge in [0.25, 0.3) is 0 Å². The summed E-state index contributed by atoms with van der Waals surface area (Å²) < 4.78 is 6.00. The van der Waals surface area contributed by atoms with Gasteiger partial charge in [-0.1, -0.05) is 42.5 Å². The number of hydrogen-bond donors (Lipinski definition) is 3. The molecule has 1 aromatic heterocycles. The van der Waals surface area contributed by atoms with Crippen LogP contribution in [0.15, 0.2) is 59.2 Å². The zero-order valence-electron chi connectivity index (χ0n) is 13.7. The van der Waals surface area contributed by atoms with Crippen molar-refractivity contribution in [2.24, 2.45) is 0 Å². The maximum absolute atomic E-state index is 12.0. The smallest absolute Gasteiger partial charge is 0.408 e. The van der Waals surface area contributed by atoms with Gasteiger partial charge in [-0.15, -0.1) is 0 Å². The lowest BCUT2D eigenvalue weighted by Gasteiger charge is -2.14. The molecule has 0 aliphatic rings. The van der Waals surface area contributed by atoms with Gasteiger partial charge in [0.05, 0.1) is 5.52 Å². The van der Waals surface area contributed by atoms with E-state index in [0.717, 1.165) is 26.5 Å². The summed E-state index contributed by atoms with van der Waals surface area (Å²) in [6.45, 7) is 0.0824. The van der Waals surface area contributed by atoms with Crippen LogP contribution >= 0.6 is 15.9 Å². The van der Waals surface area contributed by atoms with Gasteiger partial charge in [0, 0.05) is 22.5 Å². The summed E-state index contributed by atoms with van der Waals surface area (Å²) in [7, 11) is 0. The minimum absolute atomic E-state index is 0.0824. The third kappa shape index (κ3) is 4.23. The molecule has 3 aromatic rings. The lowest BCUT2D eigenvalue weighted by Crippen LogP contribution is -2.42. The monoisotopic (exact) mass is 416 g/mol. The first-order valence-electron chi connectivity index (χ1n) is 7.99. The van der Waals surface area contributed by atoms with Gasteiger partial charge in [0.1, 0.15) is 12.6 Å². The first kappa shape index (κ1) is 18.0. The molecule has 0 aliphatic carbocycles. The molecule has 7 heteroatoms. The van der Waals surface area contributed by atoms with Gasteiger partial charge in [-0.3, -0.25) is 0 Å². The van der Waals surface area contributed by atoms with E-state index in [0.29, 0.717) is 0 Å². The van der Waals surface area contributed by atoms with Crippen LogP contribution in [0.4, 0.5) is 4.79 Å². The van der Waals surface area contributed by atoms with Gasteiger partial charge >= 0.3 is 12.1 Å². The minimum atomic E-state index is -1.12. The number of aliphatic carboxylic acids is 1. The number of H-pyrrole nitrogens is 1. The van der Waals surface area contributed by atoms with Gasteiger partial charge in [0.15, 0.2) is 0 Å². The molecule has 26 heavy (non-hydrogen) atoms. The lowest BCUT2D eigenvalue weighted by molar-refractivity contribution is -0.139. The largest absolute Gasteiger partial charge is 0.480 e. The molecular weight excluding hydrogens is 400 g/mol. The Kier molecular flexibility index (Phi) is 5.58. The third-order valence-electron chi connectivity index (χ3n) is 3.98. The van der Waals surface area contributed by atoms with E-state index in [9.17, 15) is 14.7 Å². The van der Waals surface area contributed by atoms with Crippen molar-refractivity contribution in [3.63, 3.8) is 0 Å². The molecule has 3 N–H and O–H groups in total. The fourth-order valence-electron chi connectivity index (χ4n) is 2.67. The molecule has 0 aliphatic heterocycles. The van der Waals surface area contributed by atoms with Crippen molar-refractivity contribution in [2.45, 2.75) is 19.1 Å². The number of carbonyl (C=O) groups is 2. The molecule has 2 aromatic carbocycles. The number of hydrogen-bond acceptors (Lipinski definition) is 3. The van der Waals surface area contributed by atoms with E-state index in [1.54, 1.807) is 6.20 Å². The third-order valence-corrected chi connectivity index (χ3v) is 4.64. The number of alkyl carbamates (subject to hydrolysis) is 1. The average molecular weight is 417 g/mol. The Bertz CT molecular complexity index is 924. The summed E-state index contributed by atoms with van der Waals surface area (Å²) in [4.78, 5) is 26.6. The summed E-state index contributed by atoms with van der Waals surface area (Å²) in [5.41, 5.74) is 2.52. The second kappa shape index (κ2) is 8.05. The quantitative estimate of drug-likeness (QED) is 0.568. The number of amides is 1. The Labute approximate surface area is 158 Å². The lowest BCUT2D eigenvalue weighted by atomic mass is 10.1. The first-order valence-corrected chi connectivity index (χ1v) is 8.78. The van der Waals surface area contributed by atoms with E-state index in [1.807, 2.05) is 48.5 Å². The van der Waals surface area contributed by atoms with Crippen LogP contribution in [0.3, 0.4) is 0 Å². The summed E-state index contributed by atoms with van der Waals surface area (Å²) in [6.07, 6.45) is 1.14. The highest BCUT2D eigenvalue weighted by Crippen LogP contribution is 2.26. The van der Waals surface area contributed by atoms with Crippen LogP contribution in [-0.2, 0) is 22.6 Å². The molecular formula is C19H17BrN2O4. The van der Waals surface area contributed by atoms with Gasteiger partial charge in [-0.05, 0) is 33.1 Å². The van der Waals surface area contributed by atoms with Gasteiger partial charge in [-0.25, -0.2) is 9.59 Å². The maximum Gasteiger partial charge on any atom is 0.408 e. The highest BCUT2D eigenvalue weighted by Gasteiger charge is 2.22. The molecule has 0 unspecified atom stereocenters.